The monoisotopic (exact) mass is 286 g/mol. The Balaban J connectivity index is 2.31. The predicted molar refractivity (Wildman–Crippen MR) is 68.5 cm³/mol. The third-order valence-corrected chi connectivity index (χ3v) is 3.15. The molecule has 0 radical (unpaired) electrons. The summed E-state index contributed by atoms with van der Waals surface area (Å²) in [5, 5.41) is 13.4. The SMILES string of the molecule is O=[N+]([O-])c1ccc(NC2CC=CCC2)c(C(F)(F)F)c1. The maximum atomic E-state index is 13.0. The van der Waals surface area contributed by atoms with E-state index in [1.54, 1.807) is 0 Å². The minimum atomic E-state index is -4.63. The summed E-state index contributed by atoms with van der Waals surface area (Å²) >= 11 is 0. The van der Waals surface area contributed by atoms with Gasteiger partial charge in [0.1, 0.15) is 0 Å². The van der Waals surface area contributed by atoms with E-state index in [1.807, 2.05) is 12.2 Å². The van der Waals surface area contributed by atoms with E-state index in [1.165, 1.54) is 0 Å². The van der Waals surface area contributed by atoms with Gasteiger partial charge in [-0.25, -0.2) is 0 Å². The topological polar surface area (TPSA) is 55.2 Å². The standard InChI is InChI=1S/C13H13F3N2O2/c14-13(15,16)11-8-10(18(19)20)6-7-12(11)17-9-4-2-1-3-5-9/h1-2,6-9,17H,3-5H2. The fraction of sp³-hybridized carbons (Fsp3) is 0.385. The maximum absolute atomic E-state index is 13.0. The van der Waals surface area contributed by atoms with Crippen LogP contribution in [0, 0.1) is 10.1 Å². The molecule has 1 aliphatic carbocycles. The van der Waals surface area contributed by atoms with Crippen LogP contribution in [-0.4, -0.2) is 11.0 Å². The van der Waals surface area contributed by atoms with E-state index in [2.05, 4.69) is 5.32 Å². The first-order valence-corrected chi connectivity index (χ1v) is 6.15. The van der Waals surface area contributed by atoms with Gasteiger partial charge in [-0.15, -0.1) is 0 Å². The molecule has 0 heterocycles. The lowest BCUT2D eigenvalue weighted by atomic mass is 10.0. The Morgan fingerprint density at radius 3 is 2.60 bits per heavy atom. The number of hydrogen-bond donors (Lipinski definition) is 1. The Bertz CT molecular complexity index is 541. The van der Waals surface area contributed by atoms with Crippen LogP contribution in [0.3, 0.4) is 0 Å². The number of nitro groups is 1. The normalized spacial score (nSPS) is 18.9. The summed E-state index contributed by atoms with van der Waals surface area (Å²) in [6.45, 7) is 0. The molecular weight excluding hydrogens is 273 g/mol. The van der Waals surface area contributed by atoms with Crippen molar-refractivity contribution in [3.05, 3.63) is 46.0 Å². The lowest BCUT2D eigenvalue weighted by Gasteiger charge is -2.23. The molecule has 1 N–H and O–H groups in total. The third-order valence-electron chi connectivity index (χ3n) is 3.15. The van der Waals surface area contributed by atoms with Gasteiger partial charge in [-0.05, 0) is 25.3 Å². The van der Waals surface area contributed by atoms with Gasteiger partial charge >= 0.3 is 6.18 Å². The molecule has 0 aromatic heterocycles. The number of benzene rings is 1. The first-order valence-electron chi connectivity index (χ1n) is 6.15. The minimum absolute atomic E-state index is 0.0810. The van der Waals surface area contributed by atoms with Crippen molar-refractivity contribution in [1.29, 1.82) is 0 Å². The van der Waals surface area contributed by atoms with E-state index < -0.39 is 22.4 Å². The number of alkyl halides is 3. The van der Waals surface area contributed by atoms with Gasteiger partial charge in [-0.2, -0.15) is 13.2 Å². The predicted octanol–water partition coefficient (Wildman–Crippen LogP) is 4.13. The number of nitrogens with one attached hydrogen (secondary N) is 1. The molecule has 1 aliphatic rings. The van der Waals surface area contributed by atoms with E-state index in [0.29, 0.717) is 12.5 Å². The van der Waals surface area contributed by atoms with Crippen molar-refractivity contribution >= 4 is 11.4 Å². The van der Waals surface area contributed by atoms with Crippen molar-refractivity contribution in [3.63, 3.8) is 0 Å². The highest BCUT2D eigenvalue weighted by atomic mass is 19.4. The van der Waals surface area contributed by atoms with Crippen LogP contribution in [0.15, 0.2) is 30.4 Å². The summed E-state index contributed by atoms with van der Waals surface area (Å²) in [6.07, 6.45) is 1.47. The van der Waals surface area contributed by atoms with Gasteiger partial charge in [0, 0.05) is 23.9 Å². The Morgan fingerprint density at radius 2 is 2.05 bits per heavy atom. The van der Waals surface area contributed by atoms with Crippen LogP contribution < -0.4 is 5.32 Å². The number of rotatable bonds is 3. The van der Waals surface area contributed by atoms with Crippen LogP contribution in [0.2, 0.25) is 0 Å². The number of anilines is 1. The van der Waals surface area contributed by atoms with Crippen molar-refractivity contribution in [2.24, 2.45) is 0 Å². The summed E-state index contributed by atoms with van der Waals surface area (Å²) in [5.74, 6) is 0. The molecule has 0 fully saturated rings. The van der Waals surface area contributed by atoms with Gasteiger partial charge in [0.25, 0.3) is 5.69 Å². The van der Waals surface area contributed by atoms with Crippen molar-refractivity contribution < 1.29 is 18.1 Å². The van der Waals surface area contributed by atoms with Crippen molar-refractivity contribution in [2.75, 3.05) is 5.32 Å². The second-order valence-corrected chi connectivity index (χ2v) is 4.61. The van der Waals surface area contributed by atoms with E-state index in [4.69, 9.17) is 0 Å². The molecule has 20 heavy (non-hydrogen) atoms. The fourth-order valence-corrected chi connectivity index (χ4v) is 2.15. The number of non-ortho nitro benzene ring substituents is 1. The molecule has 2 rings (SSSR count). The average molecular weight is 286 g/mol. The van der Waals surface area contributed by atoms with Gasteiger partial charge in [-0.3, -0.25) is 10.1 Å². The average Bonchev–Trinajstić information content (AvgIpc) is 2.39. The maximum Gasteiger partial charge on any atom is 0.418 e. The van der Waals surface area contributed by atoms with Gasteiger partial charge in [0.15, 0.2) is 0 Å². The fourth-order valence-electron chi connectivity index (χ4n) is 2.15. The summed E-state index contributed by atoms with van der Waals surface area (Å²) < 4.78 is 38.9. The van der Waals surface area contributed by atoms with E-state index in [0.717, 1.165) is 25.0 Å². The molecule has 1 unspecified atom stereocenters. The third kappa shape index (κ3) is 3.28. The minimum Gasteiger partial charge on any atom is -0.381 e. The Labute approximate surface area is 113 Å². The Morgan fingerprint density at radius 1 is 1.30 bits per heavy atom. The zero-order valence-corrected chi connectivity index (χ0v) is 10.5. The quantitative estimate of drug-likeness (QED) is 0.516. The highest BCUT2D eigenvalue weighted by molar-refractivity contribution is 5.58. The Kier molecular flexibility index (Phi) is 3.96. The Hall–Kier alpha value is -2.05. The molecule has 0 spiro atoms. The number of allylic oxidation sites excluding steroid dienone is 1. The largest absolute Gasteiger partial charge is 0.418 e. The molecule has 1 aromatic carbocycles. The summed E-state index contributed by atoms with van der Waals surface area (Å²) in [7, 11) is 0. The number of nitrogens with zero attached hydrogens (tertiary/aromatic N) is 1. The summed E-state index contributed by atoms with van der Waals surface area (Å²) in [4.78, 5) is 9.76. The van der Waals surface area contributed by atoms with Gasteiger partial charge < -0.3 is 5.32 Å². The second kappa shape index (κ2) is 5.52. The summed E-state index contributed by atoms with van der Waals surface area (Å²) in [6, 6.07) is 2.69. The molecule has 0 aliphatic heterocycles. The second-order valence-electron chi connectivity index (χ2n) is 4.61. The van der Waals surface area contributed by atoms with Crippen LogP contribution in [0.5, 0.6) is 0 Å². The summed E-state index contributed by atoms with van der Waals surface area (Å²) in [5.41, 5.74) is -1.67. The molecule has 0 amide bonds. The first-order chi connectivity index (χ1) is 9.38. The van der Waals surface area contributed by atoms with Crippen LogP contribution >= 0.6 is 0 Å². The lowest BCUT2D eigenvalue weighted by Crippen LogP contribution is -2.22. The zero-order valence-electron chi connectivity index (χ0n) is 10.5. The van der Waals surface area contributed by atoms with Crippen molar-refractivity contribution in [3.8, 4) is 0 Å². The van der Waals surface area contributed by atoms with Crippen molar-refractivity contribution in [2.45, 2.75) is 31.5 Å². The highest BCUT2D eigenvalue weighted by Gasteiger charge is 2.35. The molecule has 4 nitrogen and oxygen atoms in total. The van der Waals surface area contributed by atoms with Crippen molar-refractivity contribution in [1.82, 2.24) is 0 Å². The van der Waals surface area contributed by atoms with Crippen LogP contribution in [-0.2, 0) is 6.18 Å². The van der Waals surface area contributed by atoms with Crippen LogP contribution in [0.4, 0.5) is 24.5 Å². The molecule has 1 atom stereocenters. The number of halogens is 3. The van der Waals surface area contributed by atoms with Crippen LogP contribution in [0.25, 0.3) is 0 Å². The van der Waals surface area contributed by atoms with E-state index in [-0.39, 0.29) is 11.7 Å². The van der Waals surface area contributed by atoms with Gasteiger partial charge in [-0.1, -0.05) is 12.2 Å². The number of nitro benzene ring substituents is 1. The first kappa shape index (κ1) is 14.4. The molecule has 0 saturated carbocycles. The van der Waals surface area contributed by atoms with Crippen LogP contribution in [0.1, 0.15) is 24.8 Å². The van der Waals surface area contributed by atoms with Gasteiger partial charge in [0.05, 0.1) is 10.5 Å². The highest BCUT2D eigenvalue weighted by Crippen LogP contribution is 2.37. The van der Waals surface area contributed by atoms with Gasteiger partial charge in [0.2, 0.25) is 0 Å². The molecule has 0 bridgehead atoms. The number of hydrogen-bond acceptors (Lipinski definition) is 3. The molecule has 0 saturated heterocycles. The zero-order chi connectivity index (χ0) is 14.8. The molecule has 7 heteroatoms. The lowest BCUT2D eigenvalue weighted by molar-refractivity contribution is -0.385. The smallest absolute Gasteiger partial charge is 0.381 e. The molecule has 108 valence electrons. The van der Waals surface area contributed by atoms with E-state index >= 15 is 0 Å². The molecule has 1 aromatic rings. The van der Waals surface area contributed by atoms with E-state index in [9.17, 15) is 23.3 Å². The molecular formula is C13H13F3N2O2.